The van der Waals surface area contributed by atoms with E-state index in [9.17, 15) is 26.4 Å². The summed E-state index contributed by atoms with van der Waals surface area (Å²) in [4.78, 5) is 12.5. The summed E-state index contributed by atoms with van der Waals surface area (Å²) in [6, 6.07) is 3.88. The summed E-state index contributed by atoms with van der Waals surface area (Å²) in [5.74, 6) is -0.831. The molecule has 0 aliphatic heterocycles. The van der Waals surface area contributed by atoms with Gasteiger partial charge in [0, 0.05) is 24.3 Å². The fourth-order valence-electron chi connectivity index (χ4n) is 1.63. The molecule has 0 bridgehead atoms. The third-order valence-corrected chi connectivity index (χ3v) is 4.09. The van der Waals surface area contributed by atoms with Crippen LogP contribution in [0.1, 0.15) is 22.3 Å². The van der Waals surface area contributed by atoms with Gasteiger partial charge in [0.1, 0.15) is 0 Å². The lowest BCUT2D eigenvalue weighted by Crippen LogP contribution is -2.31. The van der Waals surface area contributed by atoms with Crippen molar-refractivity contribution in [1.82, 2.24) is 4.90 Å². The molecular formula is C12H13ClF3NO3S. The predicted molar refractivity (Wildman–Crippen MR) is 71.9 cm³/mol. The van der Waals surface area contributed by atoms with Gasteiger partial charge in [0.15, 0.2) is 0 Å². The van der Waals surface area contributed by atoms with E-state index in [-0.39, 0.29) is 5.56 Å². The average molecular weight is 344 g/mol. The minimum absolute atomic E-state index is 0.241. The number of amides is 1. The maximum atomic E-state index is 12.2. The Kier molecular flexibility index (Phi) is 5.27. The lowest BCUT2D eigenvalue weighted by atomic mass is 10.1. The van der Waals surface area contributed by atoms with Crippen molar-refractivity contribution in [2.75, 3.05) is 13.6 Å². The summed E-state index contributed by atoms with van der Waals surface area (Å²) in [6.07, 6.45) is -5.58. The molecule has 1 aromatic carbocycles. The first-order valence-corrected chi connectivity index (χ1v) is 8.10. The molecule has 0 fully saturated rings. The Morgan fingerprint density at radius 3 is 2.38 bits per heavy atom. The normalized spacial score (nSPS) is 12.3. The van der Waals surface area contributed by atoms with Gasteiger partial charge in [-0.25, -0.2) is 8.42 Å². The van der Waals surface area contributed by atoms with Crippen LogP contribution in [0.3, 0.4) is 0 Å². The second-order valence-corrected chi connectivity index (χ2v) is 7.06. The van der Waals surface area contributed by atoms with Gasteiger partial charge in [0.25, 0.3) is 15.0 Å². The highest BCUT2D eigenvalue weighted by atomic mass is 35.7. The van der Waals surface area contributed by atoms with E-state index in [4.69, 9.17) is 10.7 Å². The summed E-state index contributed by atoms with van der Waals surface area (Å²) >= 11 is 0. The van der Waals surface area contributed by atoms with Gasteiger partial charge < -0.3 is 4.90 Å². The van der Waals surface area contributed by atoms with Crippen LogP contribution in [0, 0.1) is 6.92 Å². The molecule has 0 aromatic heterocycles. The standard InChI is InChI=1S/C12H13ClF3NO3S/c1-8-3-4-10(21(13,19)20)9(7-8)11(18)17(2)6-5-12(14,15)16/h3-4,7H,5-6H2,1-2H3. The van der Waals surface area contributed by atoms with Gasteiger partial charge in [-0.05, 0) is 19.1 Å². The molecule has 1 rings (SSSR count). The van der Waals surface area contributed by atoms with Crippen molar-refractivity contribution in [2.45, 2.75) is 24.4 Å². The molecule has 21 heavy (non-hydrogen) atoms. The Morgan fingerprint density at radius 1 is 1.33 bits per heavy atom. The first-order valence-electron chi connectivity index (χ1n) is 5.79. The molecule has 0 saturated carbocycles. The van der Waals surface area contributed by atoms with E-state index in [2.05, 4.69) is 0 Å². The monoisotopic (exact) mass is 343 g/mol. The number of alkyl halides is 3. The largest absolute Gasteiger partial charge is 0.390 e. The molecule has 1 amide bonds. The van der Waals surface area contributed by atoms with Gasteiger partial charge in [-0.15, -0.1) is 0 Å². The molecule has 4 nitrogen and oxygen atoms in total. The minimum atomic E-state index is -4.40. The van der Waals surface area contributed by atoms with Gasteiger partial charge in [0.05, 0.1) is 16.9 Å². The Hall–Kier alpha value is -1.28. The number of hydrogen-bond acceptors (Lipinski definition) is 3. The smallest absolute Gasteiger partial charge is 0.341 e. The molecular weight excluding hydrogens is 331 g/mol. The third-order valence-electron chi connectivity index (χ3n) is 2.71. The van der Waals surface area contributed by atoms with Gasteiger partial charge in [-0.1, -0.05) is 11.6 Å². The number of rotatable bonds is 4. The Balaban J connectivity index is 3.10. The molecule has 0 atom stereocenters. The van der Waals surface area contributed by atoms with Crippen LogP contribution in [-0.4, -0.2) is 39.0 Å². The van der Waals surface area contributed by atoms with Gasteiger partial charge in [0.2, 0.25) is 0 Å². The summed E-state index contributed by atoms with van der Waals surface area (Å²) in [5.41, 5.74) is 0.348. The van der Waals surface area contributed by atoms with E-state index in [0.717, 1.165) is 11.0 Å². The van der Waals surface area contributed by atoms with Crippen LogP contribution < -0.4 is 0 Å². The summed E-state index contributed by atoms with van der Waals surface area (Å²) < 4.78 is 59.3. The maximum absolute atomic E-state index is 12.2. The van der Waals surface area contributed by atoms with E-state index in [1.165, 1.54) is 19.2 Å². The zero-order chi connectivity index (χ0) is 16.4. The van der Waals surface area contributed by atoms with Crippen LogP contribution in [0.5, 0.6) is 0 Å². The molecule has 0 saturated heterocycles. The number of carbonyl (C=O) groups is 1. The van der Waals surface area contributed by atoms with Crippen molar-refractivity contribution in [3.05, 3.63) is 29.3 Å². The number of benzene rings is 1. The van der Waals surface area contributed by atoms with Crippen molar-refractivity contribution < 1.29 is 26.4 Å². The highest BCUT2D eigenvalue weighted by molar-refractivity contribution is 8.13. The second kappa shape index (κ2) is 6.23. The first-order chi connectivity index (χ1) is 9.42. The lowest BCUT2D eigenvalue weighted by Gasteiger charge is -2.19. The first kappa shape index (κ1) is 17.8. The quantitative estimate of drug-likeness (QED) is 0.790. The Bertz CT molecular complexity index is 644. The lowest BCUT2D eigenvalue weighted by molar-refractivity contribution is -0.136. The zero-order valence-corrected chi connectivity index (χ0v) is 12.8. The van der Waals surface area contributed by atoms with E-state index in [1.807, 2.05) is 0 Å². The fourth-order valence-corrected chi connectivity index (χ4v) is 2.67. The second-order valence-electron chi connectivity index (χ2n) is 4.53. The number of carbonyl (C=O) groups excluding carboxylic acids is 1. The van der Waals surface area contributed by atoms with Crippen LogP contribution in [0.4, 0.5) is 13.2 Å². The van der Waals surface area contributed by atoms with Crippen molar-refractivity contribution >= 4 is 25.6 Å². The molecule has 0 radical (unpaired) electrons. The molecule has 0 spiro atoms. The van der Waals surface area contributed by atoms with E-state index in [1.54, 1.807) is 6.92 Å². The number of nitrogens with zero attached hydrogens (tertiary/aromatic N) is 1. The average Bonchev–Trinajstić information content (AvgIpc) is 2.32. The van der Waals surface area contributed by atoms with Crippen LogP contribution >= 0.6 is 10.7 Å². The van der Waals surface area contributed by atoms with Gasteiger partial charge in [-0.2, -0.15) is 13.2 Å². The van der Waals surface area contributed by atoms with Crippen LogP contribution in [0.25, 0.3) is 0 Å². The van der Waals surface area contributed by atoms with E-state index < -0.39 is 39.0 Å². The van der Waals surface area contributed by atoms with Gasteiger partial charge in [-0.3, -0.25) is 4.79 Å². The number of aryl methyl sites for hydroxylation is 1. The molecule has 1 aromatic rings. The number of halogens is 4. The summed E-state index contributed by atoms with van der Waals surface area (Å²) in [5, 5.41) is 0. The molecule has 0 N–H and O–H groups in total. The third kappa shape index (κ3) is 5.20. The van der Waals surface area contributed by atoms with Crippen LogP contribution in [0.15, 0.2) is 23.1 Å². The predicted octanol–water partition coefficient (Wildman–Crippen LogP) is 2.95. The van der Waals surface area contributed by atoms with Crippen LogP contribution in [0.2, 0.25) is 0 Å². The van der Waals surface area contributed by atoms with Crippen molar-refractivity contribution in [3.63, 3.8) is 0 Å². The fraction of sp³-hybridized carbons (Fsp3) is 0.417. The molecule has 9 heteroatoms. The SMILES string of the molecule is Cc1ccc(S(=O)(=O)Cl)c(C(=O)N(C)CCC(F)(F)F)c1. The zero-order valence-electron chi connectivity index (χ0n) is 11.2. The van der Waals surface area contributed by atoms with Crippen molar-refractivity contribution in [1.29, 1.82) is 0 Å². The Labute approximate surface area is 124 Å². The van der Waals surface area contributed by atoms with Crippen LogP contribution in [-0.2, 0) is 9.05 Å². The van der Waals surface area contributed by atoms with Crippen molar-refractivity contribution in [2.24, 2.45) is 0 Å². The highest BCUT2D eigenvalue weighted by Crippen LogP contribution is 2.24. The van der Waals surface area contributed by atoms with Gasteiger partial charge >= 0.3 is 6.18 Å². The summed E-state index contributed by atoms with van der Waals surface area (Å²) in [6.45, 7) is 1.05. The minimum Gasteiger partial charge on any atom is -0.341 e. The number of hydrogen-bond donors (Lipinski definition) is 0. The van der Waals surface area contributed by atoms with E-state index >= 15 is 0 Å². The maximum Gasteiger partial charge on any atom is 0.390 e. The topological polar surface area (TPSA) is 54.5 Å². The highest BCUT2D eigenvalue weighted by Gasteiger charge is 2.29. The molecule has 118 valence electrons. The molecule has 0 aliphatic carbocycles. The molecule has 0 unspecified atom stereocenters. The van der Waals surface area contributed by atoms with E-state index in [0.29, 0.717) is 5.56 Å². The molecule has 0 aliphatic rings. The Morgan fingerprint density at radius 2 is 1.90 bits per heavy atom. The molecule has 0 heterocycles. The van der Waals surface area contributed by atoms with Crippen molar-refractivity contribution in [3.8, 4) is 0 Å². The summed E-state index contributed by atoms with van der Waals surface area (Å²) in [7, 11) is 2.23.